The molecule has 0 saturated carbocycles. The van der Waals surface area contributed by atoms with Crippen molar-refractivity contribution >= 4 is 27.5 Å². The molecule has 2 rings (SSSR count). The van der Waals surface area contributed by atoms with E-state index in [1.807, 2.05) is 0 Å². The molecule has 3 nitrogen and oxygen atoms in total. The van der Waals surface area contributed by atoms with E-state index in [1.165, 1.54) is 18.3 Å². The number of hydrogen-bond acceptors (Lipinski definition) is 2. The highest BCUT2D eigenvalue weighted by Gasteiger charge is 2.30. The standard InChI is InChI=1S/C14H10BrF3N2O/c1-8-2-4-10(14(16,17)18)6-11(8)20-13(21)9-3-5-12(15)19-7-9/h2-7H,1H3,(H,20,21). The summed E-state index contributed by atoms with van der Waals surface area (Å²) in [6.45, 7) is 1.62. The molecule has 0 unspecified atom stereocenters. The lowest BCUT2D eigenvalue weighted by atomic mass is 10.1. The molecule has 0 aliphatic rings. The second-order valence-electron chi connectivity index (χ2n) is 4.35. The van der Waals surface area contributed by atoms with Gasteiger partial charge in [0.2, 0.25) is 0 Å². The zero-order chi connectivity index (χ0) is 15.6. The van der Waals surface area contributed by atoms with Gasteiger partial charge < -0.3 is 5.32 Å². The molecule has 7 heteroatoms. The number of nitrogens with one attached hydrogen (secondary N) is 1. The van der Waals surface area contributed by atoms with Gasteiger partial charge >= 0.3 is 6.18 Å². The third kappa shape index (κ3) is 3.81. The number of benzene rings is 1. The maximum atomic E-state index is 12.7. The van der Waals surface area contributed by atoms with E-state index in [4.69, 9.17) is 0 Å². The summed E-state index contributed by atoms with van der Waals surface area (Å²) in [5.41, 5.74) is 0.117. The van der Waals surface area contributed by atoms with E-state index in [2.05, 4.69) is 26.2 Å². The van der Waals surface area contributed by atoms with Crippen molar-refractivity contribution in [2.24, 2.45) is 0 Å². The molecule has 0 radical (unpaired) electrons. The van der Waals surface area contributed by atoms with E-state index < -0.39 is 17.6 Å². The zero-order valence-corrected chi connectivity index (χ0v) is 12.4. The Balaban J connectivity index is 2.26. The lowest BCUT2D eigenvalue weighted by Gasteiger charge is -2.12. The summed E-state index contributed by atoms with van der Waals surface area (Å²) in [5.74, 6) is -0.516. The van der Waals surface area contributed by atoms with Crippen LogP contribution in [0.15, 0.2) is 41.1 Å². The van der Waals surface area contributed by atoms with Crippen molar-refractivity contribution in [2.45, 2.75) is 13.1 Å². The van der Waals surface area contributed by atoms with Crippen LogP contribution in [-0.4, -0.2) is 10.9 Å². The van der Waals surface area contributed by atoms with E-state index >= 15 is 0 Å². The number of halogens is 4. The second kappa shape index (κ2) is 5.85. The Morgan fingerprint density at radius 3 is 2.52 bits per heavy atom. The number of alkyl halides is 3. The van der Waals surface area contributed by atoms with E-state index in [9.17, 15) is 18.0 Å². The third-order valence-corrected chi connectivity index (χ3v) is 3.27. The number of aromatic nitrogens is 1. The average molecular weight is 359 g/mol. The van der Waals surface area contributed by atoms with Gasteiger partial charge in [-0.1, -0.05) is 6.07 Å². The minimum atomic E-state index is -4.45. The fourth-order valence-electron chi connectivity index (χ4n) is 1.64. The lowest BCUT2D eigenvalue weighted by molar-refractivity contribution is -0.137. The van der Waals surface area contributed by atoms with Gasteiger partial charge in [-0.25, -0.2) is 4.98 Å². The number of pyridine rings is 1. The number of aryl methyl sites for hydroxylation is 1. The van der Waals surface area contributed by atoms with E-state index in [-0.39, 0.29) is 11.3 Å². The summed E-state index contributed by atoms with van der Waals surface area (Å²) in [6, 6.07) is 6.31. The van der Waals surface area contributed by atoms with Gasteiger partial charge in [0.1, 0.15) is 4.60 Å². The van der Waals surface area contributed by atoms with Crippen molar-refractivity contribution < 1.29 is 18.0 Å². The number of rotatable bonds is 2. The Labute approximate surface area is 127 Å². The Morgan fingerprint density at radius 2 is 1.95 bits per heavy atom. The predicted molar refractivity (Wildman–Crippen MR) is 76.1 cm³/mol. The van der Waals surface area contributed by atoms with Crippen molar-refractivity contribution in [3.63, 3.8) is 0 Å². The molecule has 1 aromatic carbocycles. The normalized spacial score (nSPS) is 11.3. The van der Waals surface area contributed by atoms with Gasteiger partial charge in [0.15, 0.2) is 0 Å². The van der Waals surface area contributed by atoms with Crippen LogP contribution in [0, 0.1) is 6.92 Å². The molecule has 110 valence electrons. The molecule has 0 saturated heterocycles. The summed E-state index contributed by atoms with van der Waals surface area (Å²) in [5, 5.41) is 2.46. The minimum Gasteiger partial charge on any atom is -0.322 e. The van der Waals surface area contributed by atoms with Gasteiger partial charge in [-0.3, -0.25) is 4.79 Å². The van der Waals surface area contributed by atoms with Crippen LogP contribution in [0.25, 0.3) is 0 Å². The summed E-state index contributed by atoms with van der Waals surface area (Å²) < 4.78 is 38.6. The number of anilines is 1. The van der Waals surface area contributed by atoms with Crippen LogP contribution in [0.4, 0.5) is 18.9 Å². The molecule has 0 aliphatic heterocycles. The summed E-state index contributed by atoms with van der Waals surface area (Å²) in [4.78, 5) is 15.9. The van der Waals surface area contributed by atoms with Crippen LogP contribution in [0.1, 0.15) is 21.5 Å². The van der Waals surface area contributed by atoms with Crippen LogP contribution >= 0.6 is 15.9 Å². The first-order chi connectivity index (χ1) is 9.77. The molecule has 1 heterocycles. The van der Waals surface area contributed by atoms with Crippen LogP contribution in [0.5, 0.6) is 0 Å². The molecule has 0 fully saturated rings. The largest absolute Gasteiger partial charge is 0.416 e. The highest BCUT2D eigenvalue weighted by Crippen LogP contribution is 2.32. The van der Waals surface area contributed by atoms with Crippen LogP contribution in [-0.2, 0) is 6.18 Å². The maximum Gasteiger partial charge on any atom is 0.416 e. The van der Waals surface area contributed by atoms with Gasteiger partial charge in [-0.2, -0.15) is 13.2 Å². The molecule has 0 aliphatic carbocycles. The number of carbonyl (C=O) groups is 1. The smallest absolute Gasteiger partial charge is 0.322 e. The summed E-state index contributed by atoms with van der Waals surface area (Å²) in [6.07, 6.45) is -3.12. The molecular weight excluding hydrogens is 349 g/mol. The van der Waals surface area contributed by atoms with Crippen LogP contribution in [0.3, 0.4) is 0 Å². The van der Waals surface area contributed by atoms with E-state index in [1.54, 1.807) is 13.0 Å². The van der Waals surface area contributed by atoms with Gasteiger partial charge in [-0.05, 0) is 52.7 Å². The summed E-state index contributed by atoms with van der Waals surface area (Å²) >= 11 is 3.14. The van der Waals surface area contributed by atoms with Crippen molar-refractivity contribution in [2.75, 3.05) is 5.32 Å². The highest BCUT2D eigenvalue weighted by atomic mass is 79.9. The number of carbonyl (C=O) groups excluding carboxylic acids is 1. The minimum absolute atomic E-state index is 0.123. The van der Waals surface area contributed by atoms with Gasteiger partial charge in [0.05, 0.1) is 11.1 Å². The molecule has 1 amide bonds. The Bertz CT molecular complexity index is 669. The Kier molecular flexibility index (Phi) is 4.32. The van der Waals surface area contributed by atoms with Gasteiger partial charge in [-0.15, -0.1) is 0 Å². The molecular formula is C14H10BrF3N2O. The Morgan fingerprint density at radius 1 is 1.24 bits per heavy atom. The molecule has 0 atom stereocenters. The number of nitrogens with zero attached hydrogens (tertiary/aromatic N) is 1. The maximum absolute atomic E-state index is 12.7. The fraction of sp³-hybridized carbons (Fsp3) is 0.143. The molecule has 21 heavy (non-hydrogen) atoms. The first kappa shape index (κ1) is 15.5. The third-order valence-electron chi connectivity index (χ3n) is 2.80. The first-order valence-corrected chi connectivity index (χ1v) is 6.67. The van der Waals surface area contributed by atoms with Crippen molar-refractivity contribution in [1.29, 1.82) is 0 Å². The average Bonchev–Trinajstić information content (AvgIpc) is 2.40. The number of amides is 1. The topological polar surface area (TPSA) is 42.0 Å². The Hall–Kier alpha value is -1.89. The summed E-state index contributed by atoms with van der Waals surface area (Å²) in [7, 11) is 0. The van der Waals surface area contributed by atoms with Crippen LogP contribution in [0.2, 0.25) is 0 Å². The van der Waals surface area contributed by atoms with E-state index in [0.29, 0.717) is 10.2 Å². The van der Waals surface area contributed by atoms with Gasteiger partial charge in [0, 0.05) is 11.9 Å². The lowest BCUT2D eigenvalue weighted by Crippen LogP contribution is -2.14. The number of hydrogen-bond donors (Lipinski definition) is 1. The molecule has 1 aromatic heterocycles. The van der Waals surface area contributed by atoms with Crippen molar-refractivity contribution in [1.82, 2.24) is 4.98 Å². The SMILES string of the molecule is Cc1ccc(C(F)(F)F)cc1NC(=O)c1ccc(Br)nc1. The molecule has 0 bridgehead atoms. The van der Waals surface area contributed by atoms with Crippen molar-refractivity contribution in [3.8, 4) is 0 Å². The molecule has 0 spiro atoms. The monoisotopic (exact) mass is 358 g/mol. The second-order valence-corrected chi connectivity index (χ2v) is 5.16. The first-order valence-electron chi connectivity index (χ1n) is 5.88. The van der Waals surface area contributed by atoms with Gasteiger partial charge in [0.25, 0.3) is 5.91 Å². The zero-order valence-electron chi connectivity index (χ0n) is 10.8. The van der Waals surface area contributed by atoms with Crippen molar-refractivity contribution in [3.05, 3.63) is 57.8 Å². The highest BCUT2D eigenvalue weighted by molar-refractivity contribution is 9.10. The molecule has 1 N–H and O–H groups in total. The molecule has 2 aromatic rings. The predicted octanol–water partition coefficient (Wildman–Crippen LogP) is 4.42. The van der Waals surface area contributed by atoms with E-state index in [0.717, 1.165) is 12.1 Å². The van der Waals surface area contributed by atoms with Crippen LogP contribution < -0.4 is 5.32 Å². The fourth-order valence-corrected chi connectivity index (χ4v) is 1.87. The quantitative estimate of drug-likeness (QED) is 0.807.